The number of nitrogens with one attached hydrogen (secondary N) is 1. The molecule has 0 aromatic heterocycles. The largest absolute Gasteiger partial charge is 0.326 e. The molecule has 6 heteroatoms. The predicted octanol–water partition coefficient (Wildman–Crippen LogP) is 2.27. The molecule has 4 nitrogen and oxygen atoms in total. The van der Waals surface area contributed by atoms with Gasteiger partial charge in [0.1, 0.15) is 0 Å². The summed E-state index contributed by atoms with van der Waals surface area (Å²) in [5.41, 5.74) is 6.22. The van der Waals surface area contributed by atoms with Gasteiger partial charge in [0.05, 0.1) is 4.90 Å². The van der Waals surface area contributed by atoms with Gasteiger partial charge in [0.25, 0.3) is 0 Å². The van der Waals surface area contributed by atoms with Crippen LogP contribution in [0.2, 0.25) is 5.02 Å². The van der Waals surface area contributed by atoms with Crippen LogP contribution < -0.4 is 10.5 Å². The molecule has 0 fully saturated rings. The fraction of sp³-hybridized carbons (Fsp3) is 0.500. The Hall–Kier alpha value is -0.620. The van der Waals surface area contributed by atoms with E-state index in [4.69, 9.17) is 17.3 Å². The molecule has 0 atom stereocenters. The first-order chi connectivity index (χ1) is 8.44. The lowest BCUT2D eigenvalue weighted by Gasteiger charge is -2.15. The molecule has 0 spiro atoms. The van der Waals surface area contributed by atoms with Gasteiger partial charge in [0, 0.05) is 17.6 Å². The lowest BCUT2D eigenvalue weighted by atomic mass is 10.2. The molecule has 0 saturated carbocycles. The van der Waals surface area contributed by atoms with Crippen LogP contribution in [0, 0.1) is 0 Å². The molecule has 1 aromatic rings. The van der Waals surface area contributed by atoms with E-state index in [0.717, 1.165) is 18.4 Å². The molecular formula is C12H19ClN2O2S. The maximum absolute atomic E-state index is 12.1. The summed E-state index contributed by atoms with van der Waals surface area (Å²) < 4.78 is 26.9. The minimum atomic E-state index is -3.51. The third-order valence-electron chi connectivity index (χ3n) is 2.86. The third-order valence-corrected chi connectivity index (χ3v) is 4.73. The number of nitrogens with two attached hydrogens (primary N) is 1. The van der Waals surface area contributed by atoms with Crippen molar-refractivity contribution in [3.05, 3.63) is 28.8 Å². The van der Waals surface area contributed by atoms with Gasteiger partial charge in [-0.3, -0.25) is 0 Å². The zero-order chi connectivity index (χ0) is 13.8. The molecule has 0 radical (unpaired) electrons. The maximum atomic E-state index is 12.1. The summed E-state index contributed by atoms with van der Waals surface area (Å²) >= 11 is 5.97. The summed E-state index contributed by atoms with van der Waals surface area (Å²) in [6, 6.07) is 4.56. The van der Waals surface area contributed by atoms with E-state index in [9.17, 15) is 8.42 Å². The standard InChI is InChI=1S/C12H19ClN2O2S/c1-3-10(4-2)15-18(16,17)11-6-5-9(8-14)12(13)7-11/h5-7,10,15H,3-4,8,14H2,1-2H3. The molecule has 102 valence electrons. The lowest BCUT2D eigenvalue weighted by Crippen LogP contribution is -2.33. The molecule has 0 aliphatic rings. The number of hydrogen-bond acceptors (Lipinski definition) is 3. The topological polar surface area (TPSA) is 72.2 Å². The van der Waals surface area contributed by atoms with E-state index >= 15 is 0 Å². The van der Waals surface area contributed by atoms with Crippen LogP contribution in [0.15, 0.2) is 23.1 Å². The van der Waals surface area contributed by atoms with E-state index in [2.05, 4.69) is 4.72 Å². The Balaban J connectivity index is 3.02. The second-order valence-corrected chi connectivity index (χ2v) is 6.21. The number of sulfonamides is 1. The molecule has 0 aliphatic carbocycles. The minimum absolute atomic E-state index is 0.0528. The Morgan fingerprint density at radius 1 is 1.33 bits per heavy atom. The van der Waals surface area contributed by atoms with Crippen LogP contribution in [-0.2, 0) is 16.6 Å². The second-order valence-electron chi connectivity index (χ2n) is 4.09. The Kier molecular flexibility index (Phi) is 5.59. The molecule has 1 aromatic carbocycles. The highest BCUT2D eigenvalue weighted by molar-refractivity contribution is 7.89. The van der Waals surface area contributed by atoms with Crippen LogP contribution in [0.5, 0.6) is 0 Å². The first kappa shape index (κ1) is 15.4. The van der Waals surface area contributed by atoms with Crippen molar-refractivity contribution in [3.63, 3.8) is 0 Å². The van der Waals surface area contributed by atoms with Crippen molar-refractivity contribution in [1.82, 2.24) is 4.72 Å². The van der Waals surface area contributed by atoms with Crippen LogP contribution >= 0.6 is 11.6 Å². The Morgan fingerprint density at radius 3 is 2.39 bits per heavy atom. The van der Waals surface area contributed by atoms with E-state index in [1.165, 1.54) is 12.1 Å². The van der Waals surface area contributed by atoms with Crippen molar-refractivity contribution in [1.29, 1.82) is 0 Å². The lowest BCUT2D eigenvalue weighted by molar-refractivity contribution is 0.530. The van der Waals surface area contributed by atoms with Crippen molar-refractivity contribution in [2.24, 2.45) is 5.73 Å². The highest BCUT2D eigenvalue weighted by Crippen LogP contribution is 2.21. The molecule has 3 N–H and O–H groups in total. The van der Waals surface area contributed by atoms with Crippen LogP contribution in [0.3, 0.4) is 0 Å². The van der Waals surface area contributed by atoms with Gasteiger partial charge < -0.3 is 5.73 Å². The summed E-state index contributed by atoms with van der Waals surface area (Å²) in [4.78, 5) is 0.177. The molecule has 0 saturated heterocycles. The fourth-order valence-corrected chi connectivity index (χ4v) is 3.35. The van der Waals surface area contributed by atoms with Crippen LogP contribution in [0.1, 0.15) is 32.3 Å². The summed E-state index contributed by atoms with van der Waals surface area (Å²) in [6.07, 6.45) is 1.51. The van der Waals surface area contributed by atoms with Gasteiger partial charge in [0.15, 0.2) is 0 Å². The number of benzene rings is 1. The van der Waals surface area contributed by atoms with Crippen molar-refractivity contribution in [2.45, 2.75) is 44.2 Å². The second kappa shape index (κ2) is 6.52. The first-order valence-corrected chi connectivity index (χ1v) is 7.81. The molecule has 1 rings (SSSR count). The fourth-order valence-electron chi connectivity index (χ4n) is 1.60. The molecular weight excluding hydrogens is 272 g/mol. The average Bonchev–Trinajstić information content (AvgIpc) is 2.35. The van der Waals surface area contributed by atoms with Gasteiger partial charge in [-0.25, -0.2) is 13.1 Å². The summed E-state index contributed by atoms with van der Waals surface area (Å²) in [5.74, 6) is 0. The van der Waals surface area contributed by atoms with Crippen molar-refractivity contribution < 1.29 is 8.42 Å². The number of rotatable bonds is 6. The van der Waals surface area contributed by atoms with E-state index in [1.807, 2.05) is 13.8 Å². The number of hydrogen-bond donors (Lipinski definition) is 2. The van der Waals surface area contributed by atoms with Crippen LogP contribution in [0.4, 0.5) is 0 Å². The average molecular weight is 291 g/mol. The van der Waals surface area contributed by atoms with Gasteiger partial charge in [-0.2, -0.15) is 0 Å². The van der Waals surface area contributed by atoms with Crippen molar-refractivity contribution in [3.8, 4) is 0 Å². The van der Waals surface area contributed by atoms with Gasteiger partial charge in [-0.15, -0.1) is 0 Å². The monoisotopic (exact) mass is 290 g/mol. The molecule has 0 amide bonds. The summed E-state index contributed by atoms with van der Waals surface area (Å²) in [5, 5.41) is 0.380. The zero-order valence-electron chi connectivity index (χ0n) is 10.6. The van der Waals surface area contributed by atoms with Crippen molar-refractivity contribution >= 4 is 21.6 Å². The highest BCUT2D eigenvalue weighted by atomic mass is 35.5. The van der Waals surface area contributed by atoms with E-state index < -0.39 is 10.0 Å². The summed E-state index contributed by atoms with van der Waals surface area (Å²) in [6.45, 7) is 4.18. The quantitative estimate of drug-likeness (QED) is 0.844. The molecule has 0 unspecified atom stereocenters. The zero-order valence-corrected chi connectivity index (χ0v) is 12.2. The summed E-state index contributed by atoms with van der Waals surface area (Å²) in [7, 11) is -3.51. The van der Waals surface area contributed by atoms with Gasteiger partial charge in [0.2, 0.25) is 10.0 Å². The molecule has 0 heterocycles. The maximum Gasteiger partial charge on any atom is 0.240 e. The van der Waals surface area contributed by atoms with Crippen LogP contribution in [-0.4, -0.2) is 14.5 Å². The van der Waals surface area contributed by atoms with E-state index in [-0.39, 0.29) is 10.9 Å². The number of halogens is 1. The van der Waals surface area contributed by atoms with Gasteiger partial charge in [-0.05, 0) is 30.5 Å². The smallest absolute Gasteiger partial charge is 0.240 e. The normalized spacial score (nSPS) is 12.1. The first-order valence-electron chi connectivity index (χ1n) is 5.95. The highest BCUT2D eigenvalue weighted by Gasteiger charge is 2.18. The molecule has 0 bridgehead atoms. The Morgan fingerprint density at radius 2 is 1.94 bits per heavy atom. The van der Waals surface area contributed by atoms with Gasteiger partial charge in [-0.1, -0.05) is 31.5 Å². The van der Waals surface area contributed by atoms with Gasteiger partial charge >= 0.3 is 0 Å². The van der Waals surface area contributed by atoms with E-state index in [1.54, 1.807) is 6.07 Å². The third kappa shape index (κ3) is 3.68. The van der Waals surface area contributed by atoms with Crippen LogP contribution in [0.25, 0.3) is 0 Å². The molecule has 0 aliphatic heterocycles. The SMILES string of the molecule is CCC(CC)NS(=O)(=O)c1ccc(CN)c(Cl)c1. The van der Waals surface area contributed by atoms with Crippen molar-refractivity contribution in [2.75, 3.05) is 0 Å². The molecule has 18 heavy (non-hydrogen) atoms. The predicted molar refractivity (Wildman–Crippen MR) is 74.0 cm³/mol. The van der Waals surface area contributed by atoms with E-state index in [0.29, 0.717) is 11.6 Å². The Labute approximate surface area is 114 Å². The minimum Gasteiger partial charge on any atom is -0.326 e. The Bertz CT molecular complexity index is 499.